The number of aliphatic hydroxyl groups excluding tert-OH is 1. The van der Waals surface area contributed by atoms with Gasteiger partial charge < -0.3 is 15.3 Å². The lowest BCUT2D eigenvalue weighted by Crippen LogP contribution is -2.49. The number of rotatable bonds is 6. The minimum absolute atomic E-state index is 0.152. The zero-order valence-electron chi connectivity index (χ0n) is 16.7. The number of carbonyl (C=O) groups is 3. The van der Waals surface area contributed by atoms with Crippen molar-refractivity contribution in [1.82, 2.24) is 15.5 Å². The van der Waals surface area contributed by atoms with E-state index < -0.39 is 23.6 Å². The molecule has 4 amide bonds. The van der Waals surface area contributed by atoms with E-state index in [4.69, 9.17) is 5.26 Å². The van der Waals surface area contributed by atoms with Crippen molar-refractivity contribution < 1.29 is 19.5 Å². The highest BCUT2D eigenvalue weighted by atomic mass is 16.3. The topological polar surface area (TPSA) is 123 Å². The fourth-order valence-electron chi connectivity index (χ4n) is 3.29. The maximum absolute atomic E-state index is 12.3. The molecule has 0 saturated carbocycles. The van der Waals surface area contributed by atoms with Crippen molar-refractivity contribution in [1.29, 1.82) is 5.26 Å². The number of amides is 4. The van der Waals surface area contributed by atoms with Gasteiger partial charge in [0.25, 0.3) is 11.8 Å². The number of carbonyl (C=O) groups excluding carboxylic acids is 3. The van der Waals surface area contributed by atoms with Crippen LogP contribution in [0.2, 0.25) is 0 Å². The first-order valence-corrected chi connectivity index (χ1v) is 9.40. The van der Waals surface area contributed by atoms with Gasteiger partial charge in [-0.15, -0.1) is 0 Å². The molecule has 0 aromatic heterocycles. The van der Waals surface area contributed by atoms with Crippen LogP contribution in [0.4, 0.5) is 4.79 Å². The lowest BCUT2D eigenvalue weighted by molar-refractivity contribution is -0.127. The maximum Gasteiger partial charge on any atom is 0.322 e. The minimum atomic E-state index is -1.43. The molecule has 0 aliphatic carbocycles. The molecule has 2 aromatic rings. The van der Waals surface area contributed by atoms with Gasteiger partial charge in [-0.05, 0) is 35.7 Å². The second-order valence-electron chi connectivity index (χ2n) is 7.35. The summed E-state index contributed by atoms with van der Waals surface area (Å²) in [4.78, 5) is 37.3. The third kappa shape index (κ3) is 4.02. The molecule has 2 unspecified atom stereocenters. The molecule has 1 fully saturated rings. The van der Waals surface area contributed by atoms with E-state index in [0.29, 0.717) is 17.7 Å². The van der Waals surface area contributed by atoms with Gasteiger partial charge in [-0.3, -0.25) is 14.9 Å². The summed E-state index contributed by atoms with van der Waals surface area (Å²) in [6.45, 7) is 1.84. The number of benzene rings is 2. The molecule has 2 aromatic carbocycles. The number of hydrogen-bond acceptors (Lipinski definition) is 5. The third-order valence-corrected chi connectivity index (χ3v) is 5.22. The predicted octanol–water partition coefficient (Wildman–Crippen LogP) is 1.97. The largest absolute Gasteiger partial charge is 0.385 e. The van der Waals surface area contributed by atoms with Crippen LogP contribution in [0.15, 0.2) is 48.5 Å². The molecular weight excluding hydrogens is 384 g/mol. The van der Waals surface area contributed by atoms with Crippen molar-refractivity contribution in [3.63, 3.8) is 0 Å². The zero-order valence-corrected chi connectivity index (χ0v) is 16.7. The Hall–Kier alpha value is -3.70. The van der Waals surface area contributed by atoms with Crippen LogP contribution < -0.4 is 10.6 Å². The summed E-state index contributed by atoms with van der Waals surface area (Å²) in [5, 5.41) is 23.8. The van der Waals surface area contributed by atoms with E-state index in [0.717, 1.165) is 11.1 Å². The summed E-state index contributed by atoms with van der Waals surface area (Å²) in [6, 6.07) is 15.5. The van der Waals surface area contributed by atoms with E-state index >= 15 is 0 Å². The quantitative estimate of drug-likeness (QED) is 0.633. The zero-order chi connectivity index (χ0) is 21.9. The number of hydrogen-bond donors (Lipinski definition) is 3. The molecule has 30 heavy (non-hydrogen) atoms. The SMILES string of the molecule is CN(CCC#N)C(=O)c1ccc(-c2ccc(C(O)C3(C)NC(=O)NC3=O)cc2)cc1. The van der Waals surface area contributed by atoms with Crippen LogP contribution in [0.1, 0.15) is 35.4 Å². The molecule has 0 spiro atoms. The highest BCUT2D eigenvalue weighted by Crippen LogP contribution is 2.30. The molecule has 3 rings (SSSR count). The molecule has 0 bridgehead atoms. The average molecular weight is 406 g/mol. The molecule has 8 nitrogen and oxygen atoms in total. The van der Waals surface area contributed by atoms with E-state index in [-0.39, 0.29) is 12.3 Å². The van der Waals surface area contributed by atoms with Gasteiger partial charge in [0.05, 0.1) is 12.5 Å². The van der Waals surface area contributed by atoms with Gasteiger partial charge in [-0.25, -0.2) is 4.79 Å². The van der Waals surface area contributed by atoms with Gasteiger partial charge in [0, 0.05) is 19.2 Å². The fourth-order valence-corrected chi connectivity index (χ4v) is 3.29. The van der Waals surface area contributed by atoms with Crippen LogP contribution >= 0.6 is 0 Å². The van der Waals surface area contributed by atoms with Crippen molar-refractivity contribution in [2.45, 2.75) is 25.0 Å². The smallest absolute Gasteiger partial charge is 0.322 e. The highest BCUT2D eigenvalue weighted by molar-refractivity contribution is 6.07. The number of nitriles is 1. The van der Waals surface area contributed by atoms with Crippen molar-refractivity contribution in [2.24, 2.45) is 0 Å². The first kappa shape index (κ1) is 21.0. The Labute approximate surface area is 174 Å². The lowest BCUT2D eigenvalue weighted by atomic mass is 9.88. The molecule has 8 heteroatoms. The second-order valence-corrected chi connectivity index (χ2v) is 7.35. The standard InChI is InChI=1S/C22H22N4O4/c1-22(20(29)24-21(30)25-22)18(27)16-8-4-14(5-9-16)15-6-10-17(11-7-15)19(28)26(2)13-3-12-23/h4-11,18,27H,3,13H2,1-2H3,(H2,24,25,29,30). The van der Waals surface area contributed by atoms with Crippen LogP contribution in [0.3, 0.4) is 0 Å². The third-order valence-electron chi connectivity index (χ3n) is 5.22. The second kappa shape index (κ2) is 8.35. The van der Waals surface area contributed by atoms with Crippen molar-refractivity contribution in [2.75, 3.05) is 13.6 Å². The Morgan fingerprint density at radius 1 is 1.13 bits per heavy atom. The van der Waals surface area contributed by atoms with Crippen molar-refractivity contribution in [3.8, 4) is 17.2 Å². The molecule has 1 aliphatic heterocycles. The van der Waals surface area contributed by atoms with E-state index in [2.05, 4.69) is 10.6 Å². The highest BCUT2D eigenvalue weighted by Gasteiger charge is 2.48. The Morgan fingerprint density at radius 2 is 1.70 bits per heavy atom. The van der Waals surface area contributed by atoms with Gasteiger partial charge in [0.2, 0.25) is 0 Å². The maximum atomic E-state index is 12.3. The molecule has 0 radical (unpaired) electrons. The normalized spacial score (nSPS) is 18.9. The summed E-state index contributed by atoms with van der Waals surface area (Å²) in [5.41, 5.74) is 1.34. The van der Waals surface area contributed by atoms with Crippen LogP contribution in [0.5, 0.6) is 0 Å². The number of nitrogens with one attached hydrogen (secondary N) is 2. The van der Waals surface area contributed by atoms with Gasteiger partial charge in [-0.1, -0.05) is 36.4 Å². The molecule has 1 heterocycles. The van der Waals surface area contributed by atoms with E-state index in [9.17, 15) is 19.5 Å². The summed E-state index contributed by atoms with van der Waals surface area (Å²) in [5.74, 6) is -0.732. The van der Waals surface area contributed by atoms with Crippen LogP contribution in [-0.4, -0.2) is 47.0 Å². The van der Waals surface area contributed by atoms with Crippen LogP contribution in [-0.2, 0) is 4.79 Å². The van der Waals surface area contributed by atoms with Crippen LogP contribution in [0.25, 0.3) is 11.1 Å². The predicted molar refractivity (Wildman–Crippen MR) is 109 cm³/mol. The summed E-state index contributed by atoms with van der Waals surface area (Å²) in [7, 11) is 1.66. The average Bonchev–Trinajstić information content (AvgIpc) is 3.03. The summed E-state index contributed by atoms with van der Waals surface area (Å²) in [6.07, 6.45) is -0.926. The molecular formula is C22H22N4O4. The van der Waals surface area contributed by atoms with Crippen molar-refractivity contribution >= 4 is 17.8 Å². The molecule has 2 atom stereocenters. The first-order valence-electron chi connectivity index (χ1n) is 9.40. The van der Waals surface area contributed by atoms with Gasteiger partial charge in [-0.2, -0.15) is 5.26 Å². The first-order chi connectivity index (χ1) is 14.3. The summed E-state index contributed by atoms with van der Waals surface area (Å²) >= 11 is 0. The number of aliphatic hydroxyl groups is 1. The van der Waals surface area contributed by atoms with E-state index in [1.165, 1.54) is 11.8 Å². The number of imide groups is 1. The summed E-state index contributed by atoms with van der Waals surface area (Å²) < 4.78 is 0. The van der Waals surface area contributed by atoms with Gasteiger partial charge in [0.15, 0.2) is 0 Å². The van der Waals surface area contributed by atoms with E-state index in [1.807, 2.05) is 18.2 Å². The number of urea groups is 1. The minimum Gasteiger partial charge on any atom is -0.385 e. The Kier molecular flexibility index (Phi) is 5.85. The number of nitrogens with zero attached hydrogens (tertiary/aromatic N) is 2. The lowest BCUT2D eigenvalue weighted by Gasteiger charge is -2.27. The van der Waals surface area contributed by atoms with E-state index in [1.54, 1.807) is 43.4 Å². The Balaban J connectivity index is 1.74. The Bertz CT molecular complexity index is 1010. The fraction of sp³-hybridized carbons (Fsp3) is 0.273. The van der Waals surface area contributed by atoms with Gasteiger partial charge >= 0.3 is 6.03 Å². The Morgan fingerprint density at radius 3 is 2.20 bits per heavy atom. The molecule has 154 valence electrons. The van der Waals surface area contributed by atoms with Gasteiger partial charge in [0.1, 0.15) is 11.6 Å². The molecule has 1 saturated heterocycles. The monoisotopic (exact) mass is 406 g/mol. The molecule has 3 N–H and O–H groups in total. The van der Waals surface area contributed by atoms with Crippen LogP contribution in [0, 0.1) is 11.3 Å². The van der Waals surface area contributed by atoms with Crippen molar-refractivity contribution in [3.05, 3.63) is 59.7 Å². The molecule has 1 aliphatic rings.